The Morgan fingerprint density at radius 3 is 2.40 bits per heavy atom. The van der Waals surface area contributed by atoms with Crippen molar-refractivity contribution in [3.05, 3.63) is 45.6 Å². The van der Waals surface area contributed by atoms with Crippen LogP contribution in [0.3, 0.4) is 0 Å². The lowest BCUT2D eigenvalue weighted by atomic mass is 10.2. The molecule has 0 saturated heterocycles. The van der Waals surface area contributed by atoms with E-state index in [0.29, 0.717) is 16.8 Å². The molecule has 2 aromatic rings. The van der Waals surface area contributed by atoms with Gasteiger partial charge >= 0.3 is 0 Å². The lowest BCUT2D eigenvalue weighted by molar-refractivity contribution is 0.102. The second kappa shape index (κ2) is 5.38. The number of rotatable bonds is 3. The number of aryl methyl sites for hydroxylation is 2. The van der Waals surface area contributed by atoms with Crippen LogP contribution in [0.5, 0.6) is 0 Å². The second-order valence-electron chi connectivity index (χ2n) is 4.68. The molecule has 0 bridgehead atoms. The number of anilines is 1. The van der Waals surface area contributed by atoms with Gasteiger partial charge in [0.2, 0.25) is 0 Å². The van der Waals surface area contributed by atoms with Crippen LogP contribution in [0.15, 0.2) is 33.9 Å². The van der Waals surface area contributed by atoms with Crippen LogP contribution in [0.1, 0.15) is 21.5 Å². The molecule has 0 radical (unpaired) electrons. The molecule has 6 heteroatoms. The molecule has 0 unspecified atom stereocenters. The summed E-state index contributed by atoms with van der Waals surface area (Å²) in [5.74, 6) is -0.230. The molecule has 0 aliphatic carbocycles. The Labute approximate surface area is 122 Å². The standard InChI is InChI=1S/C14H15NO3S2/c1-9-4-5-11(6-13(9)20(3,17)18)15-14(16)12-8-19-7-10(12)2/h4-8H,1-3H3,(H,15,16). The van der Waals surface area contributed by atoms with Gasteiger partial charge in [0.15, 0.2) is 9.84 Å². The average Bonchev–Trinajstić information content (AvgIpc) is 2.76. The summed E-state index contributed by atoms with van der Waals surface area (Å²) in [6.45, 7) is 3.59. The molecule has 1 heterocycles. The molecule has 1 aromatic carbocycles. The lowest BCUT2D eigenvalue weighted by Crippen LogP contribution is -2.12. The number of carbonyl (C=O) groups excluding carboxylic acids is 1. The second-order valence-corrected chi connectivity index (χ2v) is 7.40. The van der Waals surface area contributed by atoms with Crippen molar-refractivity contribution in [1.29, 1.82) is 0 Å². The lowest BCUT2D eigenvalue weighted by Gasteiger charge is -2.09. The third-order valence-electron chi connectivity index (χ3n) is 2.95. The van der Waals surface area contributed by atoms with E-state index in [1.54, 1.807) is 24.4 Å². The topological polar surface area (TPSA) is 63.2 Å². The Hall–Kier alpha value is -1.66. The summed E-state index contributed by atoms with van der Waals surface area (Å²) < 4.78 is 23.3. The third kappa shape index (κ3) is 3.08. The zero-order chi connectivity index (χ0) is 14.9. The molecule has 2 rings (SSSR count). The number of hydrogen-bond donors (Lipinski definition) is 1. The fourth-order valence-electron chi connectivity index (χ4n) is 1.87. The van der Waals surface area contributed by atoms with Crippen molar-refractivity contribution >= 4 is 32.8 Å². The van der Waals surface area contributed by atoms with Gasteiger partial charge in [-0.05, 0) is 42.5 Å². The number of thiophene rings is 1. The molecule has 1 amide bonds. The Morgan fingerprint density at radius 2 is 1.85 bits per heavy atom. The zero-order valence-electron chi connectivity index (χ0n) is 11.4. The maximum atomic E-state index is 12.1. The van der Waals surface area contributed by atoms with Gasteiger partial charge in [0, 0.05) is 17.3 Å². The van der Waals surface area contributed by atoms with E-state index in [9.17, 15) is 13.2 Å². The Kier molecular flexibility index (Phi) is 3.96. The van der Waals surface area contributed by atoms with Gasteiger partial charge in [0.1, 0.15) is 0 Å². The van der Waals surface area contributed by atoms with E-state index in [0.717, 1.165) is 11.8 Å². The maximum absolute atomic E-state index is 12.1. The molecule has 0 saturated carbocycles. The molecule has 0 fully saturated rings. The summed E-state index contributed by atoms with van der Waals surface area (Å²) in [5, 5.41) is 6.40. The van der Waals surface area contributed by atoms with E-state index in [1.165, 1.54) is 17.4 Å². The Balaban J connectivity index is 2.32. The minimum atomic E-state index is -3.30. The van der Waals surface area contributed by atoms with Crippen LogP contribution in [-0.4, -0.2) is 20.6 Å². The summed E-state index contributed by atoms with van der Waals surface area (Å²) in [5.41, 5.74) is 2.66. The van der Waals surface area contributed by atoms with Gasteiger partial charge in [-0.25, -0.2) is 8.42 Å². The van der Waals surface area contributed by atoms with Crippen molar-refractivity contribution in [1.82, 2.24) is 0 Å². The van der Waals surface area contributed by atoms with Crippen molar-refractivity contribution in [3.8, 4) is 0 Å². The summed E-state index contributed by atoms with van der Waals surface area (Å²) in [4.78, 5) is 12.3. The van der Waals surface area contributed by atoms with Crippen LogP contribution >= 0.6 is 11.3 Å². The summed E-state index contributed by atoms with van der Waals surface area (Å²) in [6.07, 6.45) is 1.16. The van der Waals surface area contributed by atoms with Gasteiger partial charge in [-0.15, -0.1) is 0 Å². The molecule has 4 nitrogen and oxygen atoms in total. The fourth-order valence-corrected chi connectivity index (χ4v) is 3.69. The largest absolute Gasteiger partial charge is 0.322 e. The fraction of sp³-hybridized carbons (Fsp3) is 0.214. The number of hydrogen-bond acceptors (Lipinski definition) is 4. The first-order valence-corrected chi connectivity index (χ1v) is 8.77. The summed E-state index contributed by atoms with van der Waals surface area (Å²) in [6, 6.07) is 4.88. The average molecular weight is 309 g/mol. The van der Waals surface area contributed by atoms with Crippen LogP contribution in [0.2, 0.25) is 0 Å². The molecular formula is C14H15NO3S2. The van der Waals surface area contributed by atoms with Crippen molar-refractivity contribution in [3.63, 3.8) is 0 Å². The molecule has 0 aliphatic rings. The predicted molar refractivity (Wildman–Crippen MR) is 81.3 cm³/mol. The van der Waals surface area contributed by atoms with Crippen LogP contribution in [-0.2, 0) is 9.84 Å². The van der Waals surface area contributed by atoms with Crippen molar-refractivity contribution in [2.24, 2.45) is 0 Å². The highest BCUT2D eigenvalue weighted by Crippen LogP contribution is 2.21. The quantitative estimate of drug-likeness (QED) is 0.948. The molecule has 1 N–H and O–H groups in total. The monoisotopic (exact) mass is 309 g/mol. The molecule has 1 aromatic heterocycles. The minimum Gasteiger partial charge on any atom is -0.322 e. The highest BCUT2D eigenvalue weighted by molar-refractivity contribution is 7.90. The molecule has 20 heavy (non-hydrogen) atoms. The van der Waals surface area contributed by atoms with E-state index in [2.05, 4.69) is 5.32 Å². The number of benzene rings is 1. The van der Waals surface area contributed by atoms with Gasteiger partial charge < -0.3 is 5.32 Å². The molecule has 0 spiro atoms. The number of sulfone groups is 1. The maximum Gasteiger partial charge on any atom is 0.256 e. The highest BCUT2D eigenvalue weighted by Gasteiger charge is 2.14. The third-order valence-corrected chi connectivity index (χ3v) is 5.05. The van der Waals surface area contributed by atoms with Crippen molar-refractivity contribution in [2.75, 3.05) is 11.6 Å². The number of amides is 1. The van der Waals surface area contributed by atoms with E-state index < -0.39 is 9.84 Å². The van der Waals surface area contributed by atoms with E-state index in [4.69, 9.17) is 0 Å². The van der Waals surface area contributed by atoms with Crippen LogP contribution in [0.25, 0.3) is 0 Å². The first-order valence-electron chi connectivity index (χ1n) is 5.94. The van der Waals surface area contributed by atoms with E-state index in [-0.39, 0.29) is 10.8 Å². The van der Waals surface area contributed by atoms with Crippen molar-refractivity contribution in [2.45, 2.75) is 18.7 Å². The minimum absolute atomic E-state index is 0.230. The van der Waals surface area contributed by atoms with Gasteiger partial charge in [-0.3, -0.25) is 4.79 Å². The number of carbonyl (C=O) groups is 1. The summed E-state index contributed by atoms with van der Waals surface area (Å²) >= 11 is 1.46. The van der Waals surface area contributed by atoms with Crippen LogP contribution < -0.4 is 5.32 Å². The van der Waals surface area contributed by atoms with Gasteiger partial charge in [0.05, 0.1) is 10.5 Å². The van der Waals surface area contributed by atoms with E-state index in [1.807, 2.05) is 12.3 Å². The van der Waals surface area contributed by atoms with Gasteiger partial charge in [-0.1, -0.05) is 6.07 Å². The Bertz CT molecular complexity index is 760. The number of nitrogens with one attached hydrogen (secondary N) is 1. The van der Waals surface area contributed by atoms with Crippen LogP contribution in [0.4, 0.5) is 5.69 Å². The van der Waals surface area contributed by atoms with Gasteiger partial charge in [0.25, 0.3) is 5.91 Å². The summed E-state index contributed by atoms with van der Waals surface area (Å²) in [7, 11) is -3.30. The van der Waals surface area contributed by atoms with Gasteiger partial charge in [-0.2, -0.15) is 11.3 Å². The first kappa shape index (κ1) is 14.7. The molecular weight excluding hydrogens is 294 g/mol. The molecule has 106 valence electrons. The normalized spacial score (nSPS) is 11.3. The molecule has 0 atom stereocenters. The van der Waals surface area contributed by atoms with Crippen molar-refractivity contribution < 1.29 is 13.2 Å². The highest BCUT2D eigenvalue weighted by atomic mass is 32.2. The SMILES string of the molecule is Cc1cscc1C(=O)Nc1ccc(C)c(S(C)(=O)=O)c1. The smallest absolute Gasteiger partial charge is 0.256 e. The Morgan fingerprint density at radius 1 is 1.15 bits per heavy atom. The zero-order valence-corrected chi connectivity index (χ0v) is 13.1. The predicted octanol–water partition coefficient (Wildman–Crippen LogP) is 3.02. The van der Waals surface area contributed by atoms with E-state index >= 15 is 0 Å². The van der Waals surface area contributed by atoms with Crippen LogP contribution in [0, 0.1) is 13.8 Å². The molecule has 0 aliphatic heterocycles. The first-order chi connectivity index (χ1) is 9.29.